The number of nitrogens with one attached hydrogen (secondary N) is 1. The summed E-state index contributed by atoms with van der Waals surface area (Å²) in [7, 11) is 0. The molecule has 6 heteroatoms. The highest BCUT2D eigenvalue weighted by atomic mass is 35.5. The van der Waals surface area contributed by atoms with Crippen LogP contribution < -0.4 is 5.56 Å². The van der Waals surface area contributed by atoms with Crippen LogP contribution in [0.25, 0.3) is 11.4 Å². The maximum Gasteiger partial charge on any atom is 0.287 e. The van der Waals surface area contributed by atoms with E-state index in [0.29, 0.717) is 15.6 Å². The zero-order valence-corrected chi connectivity index (χ0v) is 10.2. The number of nitrogens with zero attached hydrogens (tertiary/aromatic N) is 1. The monoisotopic (exact) mass is 272 g/mol. The molecule has 88 valence electrons. The van der Waals surface area contributed by atoms with Crippen LogP contribution in [0.2, 0.25) is 10.0 Å². The fourth-order valence-electron chi connectivity index (χ4n) is 1.41. The Balaban J connectivity index is 2.74. The van der Waals surface area contributed by atoms with Gasteiger partial charge < -0.3 is 4.98 Å². The highest BCUT2D eigenvalue weighted by Gasteiger charge is 2.13. The molecule has 0 atom stereocenters. The summed E-state index contributed by atoms with van der Waals surface area (Å²) in [5.74, 6) is -0.749. The summed E-state index contributed by atoms with van der Waals surface area (Å²) in [5.41, 5.74) is -0.459. The number of H-pyrrole nitrogens is 1. The van der Waals surface area contributed by atoms with Crippen molar-refractivity contribution in [1.29, 1.82) is 0 Å². The average molecular weight is 273 g/mol. The van der Waals surface area contributed by atoms with Gasteiger partial charge in [-0.3, -0.25) is 4.79 Å². The molecule has 0 unspecified atom stereocenters. The molecule has 17 heavy (non-hydrogen) atoms. The Hall–Kier alpha value is -1.39. The average Bonchev–Trinajstić information content (AvgIpc) is 2.25. The van der Waals surface area contributed by atoms with Crippen molar-refractivity contribution in [3.63, 3.8) is 0 Å². The smallest absolute Gasteiger partial charge is 0.287 e. The topological polar surface area (TPSA) is 45.8 Å². The van der Waals surface area contributed by atoms with Crippen LogP contribution in [0.3, 0.4) is 0 Å². The number of hydrogen-bond donors (Lipinski definition) is 1. The van der Waals surface area contributed by atoms with Gasteiger partial charge in [0.25, 0.3) is 5.56 Å². The van der Waals surface area contributed by atoms with Crippen LogP contribution >= 0.6 is 23.2 Å². The molecular formula is C11H7Cl2FN2O. The molecule has 0 aliphatic carbocycles. The fraction of sp³-hybridized carbons (Fsp3) is 0.0909. The Morgan fingerprint density at radius 1 is 1.29 bits per heavy atom. The van der Waals surface area contributed by atoms with Gasteiger partial charge in [0.05, 0.1) is 21.3 Å². The lowest BCUT2D eigenvalue weighted by molar-refractivity contribution is 0.589. The van der Waals surface area contributed by atoms with Crippen LogP contribution in [0.1, 0.15) is 5.69 Å². The zero-order valence-electron chi connectivity index (χ0n) is 8.72. The highest BCUT2D eigenvalue weighted by molar-refractivity contribution is 6.38. The third-order valence-electron chi connectivity index (χ3n) is 2.23. The van der Waals surface area contributed by atoms with Gasteiger partial charge >= 0.3 is 0 Å². The van der Waals surface area contributed by atoms with E-state index < -0.39 is 11.4 Å². The fourth-order valence-corrected chi connectivity index (χ4v) is 1.99. The van der Waals surface area contributed by atoms with Gasteiger partial charge in [-0.05, 0) is 19.1 Å². The Kier molecular flexibility index (Phi) is 3.17. The van der Waals surface area contributed by atoms with Gasteiger partial charge in [0.15, 0.2) is 0 Å². The van der Waals surface area contributed by atoms with E-state index in [1.54, 1.807) is 18.2 Å². The van der Waals surface area contributed by atoms with Crippen LogP contribution in [0.4, 0.5) is 4.39 Å². The molecule has 0 amide bonds. The van der Waals surface area contributed by atoms with E-state index in [1.807, 2.05) is 0 Å². The SMILES string of the molecule is Cc1nc(-c2c(Cl)cccc2Cl)[nH]c(=O)c1F. The van der Waals surface area contributed by atoms with Crippen molar-refractivity contribution in [2.75, 3.05) is 0 Å². The molecule has 1 N–H and O–H groups in total. The minimum Gasteiger partial charge on any atom is -0.304 e. The predicted octanol–water partition coefficient (Wildman–Crippen LogP) is 3.19. The lowest BCUT2D eigenvalue weighted by Crippen LogP contribution is -2.15. The number of rotatable bonds is 1. The molecule has 0 aliphatic rings. The van der Waals surface area contributed by atoms with Crippen molar-refractivity contribution in [2.45, 2.75) is 6.92 Å². The summed E-state index contributed by atoms with van der Waals surface area (Å²) in [5, 5.41) is 0.679. The van der Waals surface area contributed by atoms with Crippen molar-refractivity contribution in [1.82, 2.24) is 9.97 Å². The lowest BCUT2D eigenvalue weighted by atomic mass is 10.2. The van der Waals surface area contributed by atoms with Gasteiger partial charge in [0.1, 0.15) is 5.82 Å². The van der Waals surface area contributed by atoms with Crippen LogP contribution in [0.5, 0.6) is 0 Å². The predicted molar refractivity (Wildman–Crippen MR) is 65.0 cm³/mol. The molecule has 0 radical (unpaired) electrons. The van der Waals surface area contributed by atoms with Crippen molar-refractivity contribution in [3.8, 4) is 11.4 Å². The first kappa shape index (κ1) is 12.1. The first-order valence-corrected chi connectivity index (χ1v) is 5.47. The Morgan fingerprint density at radius 2 is 1.88 bits per heavy atom. The van der Waals surface area contributed by atoms with E-state index in [1.165, 1.54) is 6.92 Å². The molecule has 1 heterocycles. The van der Waals surface area contributed by atoms with E-state index in [-0.39, 0.29) is 11.5 Å². The molecule has 0 saturated carbocycles. The molecule has 1 aromatic heterocycles. The molecule has 3 nitrogen and oxygen atoms in total. The molecular weight excluding hydrogens is 266 g/mol. The molecule has 2 rings (SSSR count). The van der Waals surface area contributed by atoms with Crippen molar-refractivity contribution in [2.24, 2.45) is 0 Å². The first-order valence-electron chi connectivity index (χ1n) is 4.71. The third kappa shape index (κ3) is 2.18. The van der Waals surface area contributed by atoms with Crippen LogP contribution in [0, 0.1) is 12.7 Å². The number of aromatic amines is 1. The van der Waals surface area contributed by atoms with Crippen LogP contribution in [-0.4, -0.2) is 9.97 Å². The van der Waals surface area contributed by atoms with E-state index in [0.717, 1.165) is 0 Å². The van der Waals surface area contributed by atoms with Crippen molar-refractivity contribution >= 4 is 23.2 Å². The lowest BCUT2D eigenvalue weighted by Gasteiger charge is -2.06. The van der Waals surface area contributed by atoms with E-state index in [9.17, 15) is 9.18 Å². The third-order valence-corrected chi connectivity index (χ3v) is 2.86. The minimum absolute atomic E-state index is 0.000244. The van der Waals surface area contributed by atoms with Gasteiger partial charge in [-0.15, -0.1) is 0 Å². The highest BCUT2D eigenvalue weighted by Crippen LogP contribution is 2.31. The Morgan fingerprint density at radius 3 is 2.41 bits per heavy atom. The number of halogens is 3. The number of aromatic nitrogens is 2. The largest absolute Gasteiger partial charge is 0.304 e. The Bertz CT molecular complexity index is 620. The second-order valence-electron chi connectivity index (χ2n) is 3.41. The number of aryl methyl sites for hydroxylation is 1. The number of hydrogen-bond acceptors (Lipinski definition) is 2. The van der Waals surface area contributed by atoms with Gasteiger partial charge in [-0.25, -0.2) is 4.98 Å². The van der Waals surface area contributed by atoms with E-state index >= 15 is 0 Å². The summed E-state index contributed by atoms with van der Waals surface area (Å²) in [6, 6.07) is 4.89. The summed E-state index contributed by atoms with van der Waals surface area (Å²) in [4.78, 5) is 17.5. The summed E-state index contributed by atoms with van der Waals surface area (Å²) in [6.07, 6.45) is 0. The molecule has 0 spiro atoms. The van der Waals surface area contributed by atoms with Gasteiger partial charge in [0, 0.05) is 0 Å². The molecule has 0 saturated heterocycles. The quantitative estimate of drug-likeness (QED) is 0.867. The number of benzene rings is 1. The zero-order chi connectivity index (χ0) is 12.6. The van der Waals surface area contributed by atoms with Crippen molar-refractivity contribution < 1.29 is 4.39 Å². The molecule has 1 aromatic carbocycles. The second-order valence-corrected chi connectivity index (χ2v) is 4.22. The van der Waals surface area contributed by atoms with Gasteiger partial charge in [-0.1, -0.05) is 29.3 Å². The maximum absolute atomic E-state index is 13.2. The van der Waals surface area contributed by atoms with Crippen LogP contribution in [0.15, 0.2) is 23.0 Å². The molecule has 0 aliphatic heterocycles. The standard InChI is InChI=1S/C11H7Cl2FN2O/c1-5-9(14)11(17)16-10(15-5)8-6(12)3-2-4-7(8)13/h2-4H,1H3,(H,15,16,17). The molecule has 0 bridgehead atoms. The van der Waals surface area contributed by atoms with E-state index in [4.69, 9.17) is 23.2 Å². The molecule has 0 fully saturated rings. The summed E-state index contributed by atoms with van der Waals surface area (Å²) >= 11 is 11.9. The van der Waals surface area contributed by atoms with E-state index in [2.05, 4.69) is 9.97 Å². The second kappa shape index (κ2) is 4.47. The maximum atomic E-state index is 13.2. The normalized spacial score (nSPS) is 10.6. The summed E-state index contributed by atoms with van der Waals surface area (Å²) in [6.45, 7) is 1.40. The van der Waals surface area contributed by atoms with Gasteiger partial charge in [0.2, 0.25) is 5.82 Å². The summed E-state index contributed by atoms with van der Waals surface area (Å²) < 4.78 is 13.2. The van der Waals surface area contributed by atoms with Crippen molar-refractivity contribution in [3.05, 3.63) is 50.1 Å². The van der Waals surface area contributed by atoms with Crippen LogP contribution in [-0.2, 0) is 0 Å². The minimum atomic E-state index is -0.906. The first-order chi connectivity index (χ1) is 8.00. The Labute approximate surface area is 106 Å². The van der Waals surface area contributed by atoms with Gasteiger partial charge in [-0.2, -0.15) is 4.39 Å². The molecule has 2 aromatic rings.